The van der Waals surface area contributed by atoms with Gasteiger partial charge in [0.05, 0.1) is 0 Å². The van der Waals surface area contributed by atoms with Crippen molar-refractivity contribution in [2.24, 2.45) is 0 Å². The van der Waals surface area contributed by atoms with Crippen LogP contribution in [0.5, 0.6) is 0 Å². The number of piperazine rings is 1. The number of nitrogens with one attached hydrogen (secondary N) is 2. The Hall–Kier alpha value is -1.29. The number of carbonyl (C=O) groups is 1. The van der Waals surface area contributed by atoms with Gasteiger partial charge in [-0.25, -0.2) is 0 Å². The Balaban J connectivity index is 2.21. The van der Waals surface area contributed by atoms with Gasteiger partial charge in [-0.05, 0) is 32.4 Å². The van der Waals surface area contributed by atoms with Crippen molar-refractivity contribution >= 4 is 5.91 Å². The fraction of sp³-hybridized carbons (Fsp3) is 0.583. The van der Waals surface area contributed by atoms with Gasteiger partial charge < -0.3 is 15.2 Å². The third-order valence-corrected chi connectivity index (χ3v) is 3.13. The summed E-state index contributed by atoms with van der Waals surface area (Å²) in [6.07, 6.45) is 0. The molecule has 0 aromatic carbocycles. The molecule has 16 heavy (non-hydrogen) atoms. The molecule has 1 aromatic heterocycles. The summed E-state index contributed by atoms with van der Waals surface area (Å²) in [6.45, 7) is 8.58. The number of aryl methyl sites for hydroxylation is 2. The van der Waals surface area contributed by atoms with Crippen LogP contribution in [0.1, 0.15) is 28.7 Å². The smallest absolute Gasteiger partial charge is 0.270 e. The third-order valence-electron chi connectivity index (χ3n) is 3.13. The van der Waals surface area contributed by atoms with Crippen LogP contribution in [-0.4, -0.2) is 41.5 Å². The molecule has 1 amide bonds. The quantitative estimate of drug-likeness (QED) is 0.745. The SMILES string of the molecule is Cc1cc(C)c(C(=O)N2CCNC[C@@H]2C)[nH]1. The summed E-state index contributed by atoms with van der Waals surface area (Å²) in [5.41, 5.74) is 2.82. The molecule has 2 rings (SSSR count). The lowest BCUT2D eigenvalue weighted by molar-refractivity contribution is 0.0649. The highest BCUT2D eigenvalue weighted by Crippen LogP contribution is 2.14. The molecule has 1 aliphatic rings. The van der Waals surface area contributed by atoms with E-state index < -0.39 is 0 Å². The summed E-state index contributed by atoms with van der Waals surface area (Å²) in [7, 11) is 0. The maximum Gasteiger partial charge on any atom is 0.270 e. The minimum Gasteiger partial charge on any atom is -0.354 e. The van der Waals surface area contributed by atoms with Gasteiger partial charge >= 0.3 is 0 Å². The standard InChI is InChI=1S/C12H19N3O/c1-8-6-9(2)14-11(8)12(16)15-5-4-13-7-10(15)3/h6,10,13-14H,4-5,7H2,1-3H3/t10-/m0/s1. The molecule has 88 valence electrons. The number of nitrogens with zero attached hydrogens (tertiary/aromatic N) is 1. The second-order valence-electron chi connectivity index (χ2n) is 4.56. The average molecular weight is 221 g/mol. The van der Waals surface area contributed by atoms with Crippen molar-refractivity contribution in [1.29, 1.82) is 0 Å². The number of aromatic nitrogens is 1. The maximum absolute atomic E-state index is 12.3. The average Bonchev–Trinajstić information content (AvgIpc) is 2.58. The van der Waals surface area contributed by atoms with Crippen molar-refractivity contribution in [3.63, 3.8) is 0 Å². The van der Waals surface area contributed by atoms with Crippen molar-refractivity contribution in [1.82, 2.24) is 15.2 Å². The summed E-state index contributed by atoms with van der Waals surface area (Å²) in [5.74, 6) is 0.125. The minimum absolute atomic E-state index is 0.125. The second-order valence-corrected chi connectivity index (χ2v) is 4.56. The number of hydrogen-bond acceptors (Lipinski definition) is 2. The first-order valence-electron chi connectivity index (χ1n) is 5.77. The Morgan fingerprint density at radius 2 is 2.25 bits per heavy atom. The largest absolute Gasteiger partial charge is 0.354 e. The molecule has 0 saturated carbocycles. The van der Waals surface area contributed by atoms with Crippen molar-refractivity contribution in [2.75, 3.05) is 19.6 Å². The summed E-state index contributed by atoms with van der Waals surface area (Å²) < 4.78 is 0. The molecule has 0 radical (unpaired) electrons. The molecule has 1 saturated heterocycles. The number of rotatable bonds is 1. The Morgan fingerprint density at radius 3 is 2.81 bits per heavy atom. The van der Waals surface area contributed by atoms with Gasteiger partial charge in [-0.15, -0.1) is 0 Å². The lowest BCUT2D eigenvalue weighted by Gasteiger charge is -2.33. The van der Waals surface area contributed by atoms with Gasteiger partial charge in [0.15, 0.2) is 0 Å². The monoisotopic (exact) mass is 221 g/mol. The molecule has 1 aromatic rings. The van der Waals surface area contributed by atoms with E-state index in [1.807, 2.05) is 24.8 Å². The van der Waals surface area contributed by atoms with Crippen molar-refractivity contribution < 1.29 is 4.79 Å². The van der Waals surface area contributed by atoms with Crippen LogP contribution in [0.4, 0.5) is 0 Å². The van der Waals surface area contributed by atoms with Gasteiger partial charge in [0.1, 0.15) is 5.69 Å². The third kappa shape index (κ3) is 1.97. The number of H-pyrrole nitrogens is 1. The lowest BCUT2D eigenvalue weighted by atomic mass is 10.1. The number of hydrogen-bond donors (Lipinski definition) is 2. The molecule has 2 N–H and O–H groups in total. The van der Waals surface area contributed by atoms with Gasteiger partial charge in [-0.3, -0.25) is 4.79 Å². The second kappa shape index (κ2) is 4.29. The molecule has 1 aliphatic heterocycles. The molecule has 1 atom stereocenters. The highest BCUT2D eigenvalue weighted by molar-refractivity contribution is 5.94. The van der Waals surface area contributed by atoms with Gasteiger partial charge in [-0.2, -0.15) is 0 Å². The van der Waals surface area contributed by atoms with Crippen LogP contribution in [0.3, 0.4) is 0 Å². The zero-order valence-electron chi connectivity index (χ0n) is 10.1. The summed E-state index contributed by atoms with van der Waals surface area (Å²) >= 11 is 0. The topological polar surface area (TPSA) is 48.1 Å². The first-order valence-corrected chi connectivity index (χ1v) is 5.77. The van der Waals surface area contributed by atoms with Gasteiger partial charge in [0, 0.05) is 31.4 Å². The zero-order chi connectivity index (χ0) is 11.7. The van der Waals surface area contributed by atoms with Crippen molar-refractivity contribution in [3.05, 3.63) is 23.0 Å². The molecule has 4 heteroatoms. The Labute approximate surface area is 96.0 Å². The van der Waals surface area contributed by atoms with Crippen LogP contribution < -0.4 is 5.32 Å². The van der Waals surface area contributed by atoms with Crippen LogP contribution in [0.15, 0.2) is 6.07 Å². The summed E-state index contributed by atoms with van der Waals surface area (Å²) in [4.78, 5) is 17.4. The fourth-order valence-electron chi connectivity index (χ4n) is 2.24. The fourth-order valence-corrected chi connectivity index (χ4v) is 2.24. The van der Waals surface area contributed by atoms with E-state index in [9.17, 15) is 4.79 Å². The lowest BCUT2D eigenvalue weighted by Crippen LogP contribution is -2.52. The first-order chi connectivity index (χ1) is 7.59. The van der Waals surface area contributed by atoms with E-state index in [-0.39, 0.29) is 11.9 Å². The Bertz CT molecular complexity index is 397. The van der Waals surface area contributed by atoms with Gasteiger partial charge in [-0.1, -0.05) is 0 Å². The van der Waals surface area contributed by atoms with Gasteiger partial charge in [0.25, 0.3) is 5.91 Å². The van der Waals surface area contributed by atoms with Crippen LogP contribution in [-0.2, 0) is 0 Å². The molecule has 4 nitrogen and oxygen atoms in total. The summed E-state index contributed by atoms with van der Waals surface area (Å²) in [6, 6.07) is 2.28. The van der Waals surface area contributed by atoms with E-state index in [0.717, 1.165) is 36.6 Å². The highest BCUT2D eigenvalue weighted by Gasteiger charge is 2.25. The molecule has 0 bridgehead atoms. The number of carbonyl (C=O) groups excluding carboxylic acids is 1. The van der Waals surface area contributed by atoms with E-state index in [0.29, 0.717) is 0 Å². The van der Waals surface area contributed by atoms with Crippen molar-refractivity contribution in [3.8, 4) is 0 Å². The Morgan fingerprint density at radius 1 is 1.50 bits per heavy atom. The molecule has 0 spiro atoms. The molecule has 2 heterocycles. The van der Waals surface area contributed by atoms with Gasteiger partial charge in [0.2, 0.25) is 0 Å². The van der Waals surface area contributed by atoms with E-state index >= 15 is 0 Å². The maximum atomic E-state index is 12.3. The van der Waals surface area contributed by atoms with Crippen LogP contribution >= 0.6 is 0 Å². The molecular formula is C12H19N3O. The predicted molar refractivity (Wildman–Crippen MR) is 63.6 cm³/mol. The van der Waals surface area contributed by atoms with E-state index in [4.69, 9.17) is 0 Å². The van der Waals surface area contributed by atoms with Crippen LogP contribution in [0.25, 0.3) is 0 Å². The Kier molecular flexibility index (Phi) is 3.01. The van der Waals surface area contributed by atoms with E-state index in [2.05, 4.69) is 17.2 Å². The normalized spacial score (nSPS) is 21.2. The van der Waals surface area contributed by atoms with Crippen molar-refractivity contribution in [2.45, 2.75) is 26.8 Å². The van der Waals surface area contributed by atoms with Crippen LogP contribution in [0, 0.1) is 13.8 Å². The predicted octanol–water partition coefficient (Wildman–Crippen LogP) is 1.07. The minimum atomic E-state index is 0.125. The van der Waals surface area contributed by atoms with Crippen LogP contribution in [0.2, 0.25) is 0 Å². The zero-order valence-corrected chi connectivity index (χ0v) is 10.1. The molecular weight excluding hydrogens is 202 g/mol. The molecule has 0 aliphatic carbocycles. The summed E-state index contributed by atoms with van der Waals surface area (Å²) in [5, 5.41) is 3.29. The van der Waals surface area contributed by atoms with E-state index in [1.54, 1.807) is 0 Å². The first kappa shape index (κ1) is 11.2. The molecule has 0 unspecified atom stereocenters. The molecule has 1 fully saturated rings. The number of aromatic amines is 1. The van der Waals surface area contributed by atoms with E-state index in [1.165, 1.54) is 0 Å². The number of amides is 1. The highest BCUT2D eigenvalue weighted by atomic mass is 16.2.